The predicted molar refractivity (Wildman–Crippen MR) is 73.9 cm³/mol. The molecule has 4 nitrogen and oxygen atoms in total. The minimum Gasteiger partial charge on any atom is -0.383 e. The highest BCUT2D eigenvalue weighted by atomic mass is 32.1. The molecular formula is C12H10F4N4S. The predicted octanol–water partition coefficient (Wildman–Crippen LogP) is 3.64. The molecule has 0 aliphatic carbocycles. The van der Waals surface area contributed by atoms with Crippen molar-refractivity contribution in [3.63, 3.8) is 0 Å². The molecule has 21 heavy (non-hydrogen) atoms. The first-order valence-electron chi connectivity index (χ1n) is 5.65. The molecule has 0 atom stereocenters. The van der Waals surface area contributed by atoms with Gasteiger partial charge in [-0.25, -0.2) is 9.37 Å². The van der Waals surface area contributed by atoms with Crippen molar-refractivity contribution in [2.24, 2.45) is 5.10 Å². The third-order valence-electron chi connectivity index (χ3n) is 2.60. The summed E-state index contributed by atoms with van der Waals surface area (Å²) >= 11 is 1.16. The number of aromatic nitrogens is 1. The van der Waals surface area contributed by atoms with Crippen molar-refractivity contribution >= 4 is 28.5 Å². The summed E-state index contributed by atoms with van der Waals surface area (Å²) in [6.07, 6.45) is -3.70. The topological polar surface area (TPSA) is 63.3 Å². The molecular weight excluding hydrogens is 308 g/mol. The van der Waals surface area contributed by atoms with Crippen LogP contribution in [0, 0.1) is 12.7 Å². The van der Waals surface area contributed by atoms with Crippen molar-refractivity contribution in [1.29, 1.82) is 0 Å². The highest BCUT2D eigenvalue weighted by Crippen LogP contribution is 2.35. The van der Waals surface area contributed by atoms with Gasteiger partial charge in [-0.15, -0.1) is 11.3 Å². The van der Waals surface area contributed by atoms with E-state index in [4.69, 9.17) is 5.73 Å². The Morgan fingerprint density at radius 1 is 1.38 bits per heavy atom. The molecule has 1 aromatic carbocycles. The lowest BCUT2D eigenvalue weighted by Gasteiger charge is -2.13. The van der Waals surface area contributed by atoms with E-state index in [1.807, 2.05) is 0 Å². The summed E-state index contributed by atoms with van der Waals surface area (Å²) in [5, 5.41) is 5.57. The Morgan fingerprint density at radius 2 is 2.10 bits per heavy atom. The highest BCUT2D eigenvalue weighted by molar-refractivity contribution is 7.14. The number of rotatable bonds is 3. The number of nitrogens with zero attached hydrogens (tertiary/aromatic N) is 2. The van der Waals surface area contributed by atoms with E-state index in [9.17, 15) is 17.6 Å². The molecule has 3 N–H and O–H groups in total. The number of halogens is 4. The first-order valence-corrected chi connectivity index (χ1v) is 6.53. The van der Waals surface area contributed by atoms with E-state index in [-0.39, 0.29) is 11.4 Å². The van der Waals surface area contributed by atoms with Crippen LogP contribution in [0.2, 0.25) is 0 Å². The normalized spacial score (nSPS) is 12.0. The third-order valence-corrected chi connectivity index (χ3v) is 3.37. The summed E-state index contributed by atoms with van der Waals surface area (Å²) in [5.74, 6) is -0.633. The standard InChI is InChI=1S/C12H10F4N4S/c1-6-8(13)3-2-7(10(6)12(14,15)16)4-18-20-11-19-9(17)5-21-11/h2-5H,17H2,1H3,(H,19,20). The van der Waals surface area contributed by atoms with Crippen LogP contribution in [0.25, 0.3) is 0 Å². The molecule has 0 amide bonds. The van der Waals surface area contributed by atoms with Crippen LogP contribution < -0.4 is 11.2 Å². The van der Waals surface area contributed by atoms with Crippen LogP contribution >= 0.6 is 11.3 Å². The number of hydrazone groups is 1. The Kier molecular flexibility index (Phi) is 4.12. The fourth-order valence-electron chi connectivity index (χ4n) is 1.69. The molecule has 2 rings (SSSR count). The summed E-state index contributed by atoms with van der Waals surface area (Å²) < 4.78 is 52.2. The van der Waals surface area contributed by atoms with Gasteiger partial charge >= 0.3 is 6.18 Å². The van der Waals surface area contributed by atoms with E-state index in [1.54, 1.807) is 5.38 Å². The zero-order chi connectivity index (χ0) is 15.6. The number of anilines is 2. The Balaban J connectivity index is 2.29. The van der Waals surface area contributed by atoms with Crippen molar-refractivity contribution in [2.75, 3.05) is 11.2 Å². The van der Waals surface area contributed by atoms with Gasteiger partial charge in [0, 0.05) is 10.9 Å². The van der Waals surface area contributed by atoms with Crippen LogP contribution in [-0.4, -0.2) is 11.2 Å². The van der Waals surface area contributed by atoms with Gasteiger partial charge in [0.15, 0.2) is 0 Å². The van der Waals surface area contributed by atoms with Gasteiger partial charge in [0.25, 0.3) is 0 Å². The quantitative estimate of drug-likeness (QED) is 0.516. The van der Waals surface area contributed by atoms with Crippen molar-refractivity contribution in [3.05, 3.63) is 40.0 Å². The van der Waals surface area contributed by atoms with E-state index in [0.29, 0.717) is 5.13 Å². The van der Waals surface area contributed by atoms with Crippen LogP contribution in [0.4, 0.5) is 28.5 Å². The minimum atomic E-state index is -4.67. The van der Waals surface area contributed by atoms with Crippen molar-refractivity contribution < 1.29 is 17.6 Å². The van der Waals surface area contributed by atoms with Gasteiger partial charge in [0.1, 0.15) is 11.6 Å². The lowest BCUT2D eigenvalue weighted by molar-refractivity contribution is -0.138. The fourth-order valence-corrected chi connectivity index (χ4v) is 2.23. The van der Waals surface area contributed by atoms with Crippen molar-refractivity contribution in [1.82, 2.24) is 4.98 Å². The van der Waals surface area contributed by atoms with Crippen LogP contribution in [0.3, 0.4) is 0 Å². The largest absolute Gasteiger partial charge is 0.417 e. The number of hydrogen-bond donors (Lipinski definition) is 2. The lowest BCUT2D eigenvalue weighted by Crippen LogP contribution is -2.13. The van der Waals surface area contributed by atoms with Gasteiger partial charge in [-0.3, -0.25) is 5.43 Å². The van der Waals surface area contributed by atoms with Gasteiger partial charge in [-0.05, 0) is 24.6 Å². The van der Waals surface area contributed by atoms with Crippen molar-refractivity contribution in [3.8, 4) is 0 Å². The lowest BCUT2D eigenvalue weighted by atomic mass is 10.0. The molecule has 0 spiro atoms. The molecule has 0 bridgehead atoms. The van der Waals surface area contributed by atoms with Gasteiger partial charge in [-0.2, -0.15) is 18.3 Å². The molecule has 1 aromatic heterocycles. The molecule has 1 heterocycles. The molecule has 0 unspecified atom stereocenters. The number of thiazole rings is 1. The molecule has 0 fully saturated rings. The Hall–Kier alpha value is -2.16. The average molecular weight is 318 g/mol. The monoisotopic (exact) mass is 318 g/mol. The summed E-state index contributed by atoms with van der Waals surface area (Å²) in [6.45, 7) is 1.07. The van der Waals surface area contributed by atoms with E-state index in [1.165, 1.54) is 0 Å². The van der Waals surface area contributed by atoms with Crippen LogP contribution in [0.5, 0.6) is 0 Å². The van der Waals surface area contributed by atoms with Gasteiger partial charge in [-0.1, -0.05) is 0 Å². The first-order chi connectivity index (χ1) is 9.79. The number of nitrogen functional groups attached to an aromatic ring is 1. The highest BCUT2D eigenvalue weighted by Gasteiger charge is 2.35. The number of nitrogens with two attached hydrogens (primary N) is 1. The zero-order valence-corrected chi connectivity index (χ0v) is 11.5. The SMILES string of the molecule is Cc1c(F)ccc(C=NNc2nc(N)cs2)c1C(F)(F)F. The van der Waals surface area contributed by atoms with E-state index >= 15 is 0 Å². The maximum absolute atomic E-state index is 13.3. The summed E-state index contributed by atoms with van der Waals surface area (Å²) in [5.41, 5.74) is 6.10. The first kappa shape index (κ1) is 15.2. The van der Waals surface area contributed by atoms with Crippen LogP contribution in [0.1, 0.15) is 16.7 Å². The Labute approximate surface area is 121 Å². The van der Waals surface area contributed by atoms with E-state index < -0.39 is 23.1 Å². The molecule has 0 aliphatic heterocycles. The second-order valence-electron chi connectivity index (χ2n) is 4.08. The van der Waals surface area contributed by atoms with Crippen molar-refractivity contribution in [2.45, 2.75) is 13.1 Å². The number of benzene rings is 1. The third kappa shape index (κ3) is 3.48. The Bertz CT molecular complexity index is 678. The van der Waals surface area contributed by atoms with Crippen LogP contribution in [-0.2, 0) is 6.18 Å². The molecule has 0 radical (unpaired) electrons. The zero-order valence-electron chi connectivity index (χ0n) is 10.7. The second-order valence-corrected chi connectivity index (χ2v) is 4.94. The average Bonchev–Trinajstić information content (AvgIpc) is 2.78. The molecule has 0 saturated heterocycles. The smallest absolute Gasteiger partial charge is 0.383 e. The summed E-state index contributed by atoms with van der Waals surface area (Å²) in [6, 6.07) is 1.99. The fraction of sp³-hybridized carbons (Fsp3) is 0.167. The molecule has 0 saturated carbocycles. The van der Waals surface area contributed by atoms with Gasteiger partial charge < -0.3 is 5.73 Å². The number of hydrogen-bond acceptors (Lipinski definition) is 5. The maximum Gasteiger partial charge on any atom is 0.417 e. The molecule has 112 valence electrons. The minimum absolute atomic E-state index is 0.238. The van der Waals surface area contributed by atoms with E-state index in [2.05, 4.69) is 15.5 Å². The van der Waals surface area contributed by atoms with Gasteiger partial charge in [0.2, 0.25) is 5.13 Å². The maximum atomic E-state index is 13.3. The molecule has 9 heteroatoms. The molecule has 0 aliphatic rings. The second kappa shape index (κ2) is 5.68. The van der Waals surface area contributed by atoms with E-state index in [0.717, 1.165) is 36.6 Å². The number of nitrogens with one attached hydrogen (secondary N) is 1. The van der Waals surface area contributed by atoms with Crippen LogP contribution in [0.15, 0.2) is 22.6 Å². The Morgan fingerprint density at radius 3 is 2.67 bits per heavy atom. The summed E-state index contributed by atoms with van der Waals surface area (Å²) in [7, 11) is 0. The summed E-state index contributed by atoms with van der Waals surface area (Å²) in [4.78, 5) is 3.83. The number of alkyl halides is 3. The van der Waals surface area contributed by atoms with Gasteiger partial charge in [0.05, 0.1) is 11.8 Å². The molecule has 2 aromatic rings.